The van der Waals surface area contributed by atoms with Crippen LogP contribution >= 0.6 is 0 Å². The summed E-state index contributed by atoms with van der Waals surface area (Å²) in [6.45, 7) is 9.00. The quantitative estimate of drug-likeness (QED) is 0.786. The molecule has 0 aliphatic carbocycles. The van der Waals surface area contributed by atoms with Crippen LogP contribution in [0.3, 0.4) is 0 Å². The lowest BCUT2D eigenvalue weighted by Crippen LogP contribution is -2.40. The second-order valence-corrected chi connectivity index (χ2v) is 6.12. The molecule has 0 radical (unpaired) electrons. The highest BCUT2D eigenvalue weighted by Gasteiger charge is 2.34. The van der Waals surface area contributed by atoms with Crippen molar-refractivity contribution in [3.05, 3.63) is 11.7 Å². The highest BCUT2D eigenvalue weighted by Crippen LogP contribution is 2.22. The monoisotopic (exact) mass is 281 g/mol. The number of ether oxygens (including phenoxy) is 1. The van der Waals surface area contributed by atoms with Crippen molar-refractivity contribution in [2.45, 2.75) is 65.1 Å². The van der Waals surface area contributed by atoms with Gasteiger partial charge in [0, 0.05) is 6.42 Å². The maximum absolute atomic E-state index is 12.2. The standard InChI is InChI=1S/C14H23N3O3/c1-5-11-15-12(20-16-11)9-17-8-6-7-10(17)13(18)19-14(2,3)4/h10H,5-9H2,1-4H3/t10-/m0/s1. The van der Waals surface area contributed by atoms with Gasteiger partial charge in [-0.15, -0.1) is 0 Å². The Morgan fingerprint density at radius 1 is 1.50 bits per heavy atom. The maximum Gasteiger partial charge on any atom is 0.323 e. The number of hydrogen-bond acceptors (Lipinski definition) is 6. The van der Waals surface area contributed by atoms with Gasteiger partial charge in [0.2, 0.25) is 5.89 Å². The number of carbonyl (C=O) groups is 1. The summed E-state index contributed by atoms with van der Waals surface area (Å²) in [4.78, 5) is 18.5. The van der Waals surface area contributed by atoms with E-state index >= 15 is 0 Å². The molecular weight excluding hydrogens is 258 g/mol. The normalized spacial score (nSPS) is 20.3. The largest absolute Gasteiger partial charge is 0.459 e. The SMILES string of the molecule is CCc1noc(CN2CCC[C@H]2C(=O)OC(C)(C)C)n1. The molecule has 0 saturated carbocycles. The molecule has 1 aliphatic heterocycles. The molecule has 0 aromatic carbocycles. The van der Waals surface area contributed by atoms with Crippen LogP contribution in [0.4, 0.5) is 0 Å². The number of aromatic nitrogens is 2. The van der Waals surface area contributed by atoms with Crippen LogP contribution < -0.4 is 0 Å². The molecule has 0 amide bonds. The Morgan fingerprint density at radius 3 is 2.85 bits per heavy atom. The summed E-state index contributed by atoms with van der Waals surface area (Å²) in [5.74, 6) is 1.11. The first-order chi connectivity index (χ1) is 9.39. The van der Waals surface area contributed by atoms with Crippen molar-refractivity contribution in [1.82, 2.24) is 15.0 Å². The summed E-state index contributed by atoms with van der Waals surface area (Å²) in [5, 5.41) is 3.88. The van der Waals surface area contributed by atoms with Crippen molar-refractivity contribution in [2.24, 2.45) is 0 Å². The van der Waals surface area contributed by atoms with Crippen LogP contribution in [0.5, 0.6) is 0 Å². The van der Waals surface area contributed by atoms with Crippen molar-refractivity contribution >= 4 is 5.97 Å². The van der Waals surface area contributed by atoms with Crippen LogP contribution in [-0.2, 0) is 22.5 Å². The third-order valence-electron chi connectivity index (χ3n) is 3.21. The van der Waals surface area contributed by atoms with E-state index in [1.165, 1.54) is 0 Å². The maximum atomic E-state index is 12.2. The van der Waals surface area contributed by atoms with Crippen LogP contribution in [0.1, 0.15) is 52.3 Å². The molecule has 1 saturated heterocycles. The van der Waals surface area contributed by atoms with E-state index in [0.29, 0.717) is 18.3 Å². The van der Waals surface area contributed by atoms with Gasteiger partial charge in [0.05, 0.1) is 6.54 Å². The molecule has 0 spiro atoms. The first kappa shape index (κ1) is 15.0. The highest BCUT2D eigenvalue weighted by atomic mass is 16.6. The average molecular weight is 281 g/mol. The predicted octanol–water partition coefficient (Wildman–Crippen LogP) is 1.94. The van der Waals surface area contributed by atoms with E-state index in [-0.39, 0.29) is 12.0 Å². The Balaban J connectivity index is 1.98. The highest BCUT2D eigenvalue weighted by molar-refractivity contribution is 5.76. The molecule has 1 aliphatic rings. The molecule has 0 bridgehead atoms. The lowest BCUT2D eigenvalue weighted by atomic mass is 10.1. The van der Waals surface area contributed by atoms with Gasteiger partial charge in [-0.05, 0) is 40.2 Å². The molecule has 2 rings (SSSR count). The van der Waals surface area contributed by atoms with Gasteiger partial charge in [0.1, 0.15) is 11.6 Å². The number of carbonyl (C=O) groups excluding carboxylic acids is 1. The summed E-state index contributed by atoms with van der Waals surface area (Å²) in [6, 6.07) is -0.203. The molecule has 6 nitrogen and oxygen atoms in total. The summed E-state index contributed by atoms with van der Waals surface area (Å²) in [5.41, 5.74) is -0.453. The molecule has 2 heterocycles. The summed E-state index contributed by atoms with van der Waals surface area (Å²) in [6.07, 6.45) is 2.56. The average Bonchev–Trinajstić information content (AvgIpc) is 2.96. The van der Waals surface area contributed by atoms with Crippen LogP contribution in [0.2, 0.25) is 0 Å². The molecule has 20 heavy (non-hydrogen) atoms. The van der Waals surface area contributed by atoms with E-state index < -0.39 is 5.60 Å². The van der Waals surface area contributed by atoms with Crippen LogP contribution in [0.15, 0.2) is 4.52 Å². The van der Waals surface area contributed by atoms with Gasteiger partial charge in [-0.25, -0.2) is 0 Å². The third kappa shape index (κ3) is 3.79. The number of hydrogen-bond donors (Lipinski definition) is 0. The molecular formula is C14H23N3O3. The fraction of sp³-hybridized carbons (Fsp3) is 0.786. The Bertz CT molecular complexity index is 464. The lowest BCUT2D eigenvalue weighted by molar-refractivity contribution is -0.160. The Kier molecular flexibility index (Phi) is 4.42. The van der Waals surface area contributed by atoms with Crippen LogP contribution in [-0.4, -0.2) is 39.2 Å². The van der Waals surface area contributed by atoms with Crippen molar-refractivity contribution < 1.29 is 14.1 Å². The molecule has 1 aromatic heterocycles. The van der Waals surface area contributed by atoms with E-state index in [0.717, 1.165) is 25.8 Å². The Labute approximate surface area is 119 Å². The number of likely N-dealkylation sites (tertiary alicyclic amines) is 1. The Hall–Kier alpha value is -1.43. The van der Waals surface area contributed by atoms with Crippen molar-refractivity contribution in [3.8, 4) is 0 Å². The van der Waals surface area contributed by atoms with E-state index in [2.05, 4.69) is 15.0 Å². The number of esters is 1. The molecule has 6 heteroatoms. The fourth-order valence-corrected chi connectivity index (χ4v) is 2.32. The summed E-state index contributed by atoms with van der Waals surface area (Å²) < 4.78 is 10.7. The second kappa shape index (κ2) is 5.91. The molecule has 1 atom stereocenters. The molecule has 0 unspecified atom stereocenters. The number of aryl methyl sites for hydroxylation is 1. The van der Waals surface area contributed by atoms with E-state index in [1.807, 2.05) is 27.7 Å². The predicted molar refractivity (Wildman–Crippen MR) is 73.0 cm³/mol. The smallest absolute Gasteiger partial charge is 0.323 e. The van der Waals surface area contributed by atoms with Gasteiger partial charge < -0.3 is 9.26 Å². The van der Waals surface area contributed by atoms with E-state index in [1.54, 1.807) is 0 Å². The minimum absolute atomic E-state index is 0.162. The number of nitrogens with zero attached hydrogens (tertiary/aromatic N) is 3. The lowest BCUT2D eigenvalue weighted by Gasteiger charge is -2.26. The van der Waals surface area contributed by atoms with Crippen LogP contribution in [0.25, 0.3) is 0 Å². The zero-order valence-electron chi connectivity index (χ0n) is 12.7. The van der Waals surface area contributed by atoms with E-state index in [9.17, 15) is 4.79 Å². The van der Waals surface area contributed by atoms with Gasteiger partial charge in [-0.1, -0.05) is 12.1 Å². The van der Waals surface area contributed by atoms with Gasteiger partial charge in [-0.3, -0.25) is 9.69 Å². The van der Waals surface area contributed by atoms with Crippen molar-refractivity contribution in [3.63, 3.8) is 0 Å². The summed E-state index contributed by atoms with van der Waals surface area (Å²) in [7, 11) is 0. The third-order valence-corrected chi connectivity index (χ3v) is 3.21. The zero-order chi connectivity index (χ0) is 14.8. The first-order valence-electron chi connectivity index (χ1n) is 7.17. The summed E-state index contributed by atoms with van der Waals surface area (Å²) >= 11 is 0. The van der Waals surface area contributed by atoms with Crippen molar-refractivity contribution in [1.29, 1.82) is 0 Å². The van der Waals surface area contributed by atoms with E-state index in [4.69, 9.17) is 9.26 Å². The van der Waals surface area contributed by atoms with Crippen molar-refractivity contribution in [2.75, 3.05) is 6.54 Å². The minimum Gasteiger partial charge on any atom is -0.459 e. The van der Waals surface area contributed by atoms with Gasteiger partial charge in [0.25, 0.3) is 0 Å². The van der Waals surface area contributed by atoms with Gasteiger partial charge >= 0.3 is 5.97 Å². The van der Waals surface area contributed by atoms with Gasteiger partial charge in [0.15, 0.2) is 5.82 Å². The molecule has 0 N–H and O–H groups in total. The molecule has 112 valence electrons. The molecule has 1 fully saturated rings. The Morgan fingerprint density at radius 2 is 2.25 bits per heavy atom. The van der Waals surface area contributed by atoms with Gasteiger partial charge in [-0.2, -0.15) is 4.98 Å². The zero-order valence-corrected chi connectivity index (χ0v) is 12.7. The first-order valence-corrected chi connectivity index (χ1v) is 7.17. The number of rotatable bonds is 4. The molecule has 1 aromatic rings. The fourth-order valence-electron chi connectivity index (χ4n) is 2.32. The minimum atomic E-state index is -0.453. The second-order valence-electron chi connectivity index (χ2n) is 6.12. The van der Waals surface area contributed by atoms with Crippen LogP contribution in [0, 0.1) is 0 Å². The topological polar surface area (TPSA) is 68.5 Å².